The lowest BCUT2D eigenvalue weighted by atomic mass is 10.2. The summed E-state index contributed by atoms with van der Waals surface area (Å²) in [4.78, 5) is 25.1. The van der Waals surface area contributed by atoms with E-state index in [2.05, 4.69) is 5.32 Å². The van der Waals surface area contributed by atoms with Gasteiger partial charge in [-0.15, -0.1) is 0 Å². The Labute approximate surface area is 128 Å². The molecule has 2 rings (SSSR count). The van der Waals surface area contributed by atoms with E-state index in [1.165, 1.54) is 24.0 Å². The van der Waals surface area contributed by atoms with Crippen LogP contribution in [0.2, 0.25) is 0 Å². The van der Waals surface area contributed by atoms with Crippen molar-refractivity contribution in [2.24, 2.45) is 0 Å². The zero-order valence-corrected chi connectivity index (χ0v) is 12.3. The van der Waals surface area contributed by atoms with Crippen LogP contribution < -0.4 is 5.32 Å². The molecule has 5 heteroatoms. The van der Waals surface area contributed by atoms with Crippen LogP contribution in [0.3, 0.4) is 0 Å². The number of rotatable bonds is 5. The van der Waals surface area contributed by atoms with Crippen LogP contribution in [-0.2, 0) is 16.1 Å². The fourth-order valence-electron chi connectivity index (χ4n) is 2.01. The summed E-state index contributed by atoms with van der Waals surface area (Å²) in [6.07, 6.45) is 0. The minimum absolute atomic E-state index is 0.107. The third kappa shape index (κ3) is 4.41. The normalized spacial score (nSPS) is 10.1. The number of nitrogens with one attached hydrogen (secondary N) is 1. The fourth-order valence-corrected chi connectivity index (χ4v) is 2.01. The summed E-state index contributed by atoms with van der Waals surface area (Å²) in [5, 5.41) is 2.47. The van der Waals surface area contributed by atoms with Crippen molar-refractivity contribution in [3.8, 4) is 0 Å². The lowest BCUT2D eigenvalue weighted by Gasteiger charge is -2.20. The predicted molar refractivity (Wildman–Crippen MR) is 82.6 cm³/mol. The Kier molecular flexibility index (Phi) is 5.25. The SMILES string of the molecule is CC(=O)N(CC(=O)Nc1ccccc1F)Cc1ccccc1. The molecule has 0 spiro atoms. The number of carbonyl (C=O) groups excluding carboxylic acids is 2. The second-order valence-corrected chi connectivity index (χ2v) is 4.89. The number of para-hydroxylation sites is 1. The van der Waals surface area contributed by atoms with Crippen molar-refractivity contribution in [3.05, 3.63) is 66.0 Å². The van der Waals surface area contributed by atoms with Crippen molar-refractivity contribution in [1.29, 1.82) is 0 Å². The fraction of sp³-hybridized carbons (Fsp3) is 0.176. The van der Waals surface area contributed by atoms with Gasteiger partial charge in [-0.25, -0.2) is 4.39 Å². The maximum absolute atomic E-state index is 13.5. The van der Waals surface area contributed by atoms with Crippen molar-refractivity contribution in [2.75, 3.05) is 11.9 Å². The van der Waals surface area contributed by atoms with Crippen LogP contribution in [0.25, 0.3) is 0 Å². The highest BCUT2D eigenvalue weighted by molar-refractivity contribution is 5.94. The van der Waals surface area contributed by atoms with Gasteiger partial charge in [0.05, 0.1) is 5.69 Å². The number of nitrogens with zero attached hydrogens (tertiary/aromatic N) is 1. The first-order chi connectivity index (χ1) is 10.6. The first-order valence-corrected chi connectivity index (χ1v) is 6.90. The molecule has 0 radical (unpaired) electrons. The van der Waals surface area contributed by atoms with Gasteiger partial charge in [0.2, 0.25) is 11.8 Å². The lowest BCUT2D eigenvalue weighted by Crippen LogP contribution is -2.36. The topological polar surface area (TPSA) is 49.4 Å². The lowest BCUT2D eigenvalue weighted by molar-refractivity contribution is -0.133. The highest BCUT2D eigenvalue weighted by Crippen LogP contribution is 2.12. The van der Waals surface area contributed by atoms with Gasteiger partial charge < -0.3 is 10.2 Å². The van der Waals surface area contributed by atoms with Crippen LogP contribution in [0.4, 0.5) is 10.1 Å². The minimum Gasteiger partial charge on any atom is -0.329 e. The summed E-state index contributed by atoms with van der Waals surface area (Å²) in [6.45, 7) is 1.61. The summed E-state index contributed by atoms with van der Waals surface area (Å²) >= 11 is 0. The van der Waals surface area contributed by atoms with Crippen LogP contribution >= 0.6 is 0 Å². The molecular weight excluding hydrogens is 283 g/mol. The molecule has 2 aromatic carbocycles. The number of amides is 2. The maximum atomic E-state index is 13.5. The molecule has 0 saturated carbocycles. The van der Waals surface area contributed by atoms with E-state index >= 15 is 0 Å². The molecule has 0 fully saturated rings. The van der Waals surface area contributed by atoms with Crippen LogP contribution in [0, 0.1) is 5.82 Å². The van der Waals surface area contributed by atoms with Crippen LogP contribution in [-0.4, -0.2) is 23.3 Å². The second-order valence-electron chi connectivity index (χ2n) is 4.89. The Morgan fingerprint density at radius 2 is 1.68 bits per heavy atom. The van der Waals surface area contributed by atoms with E-state index in [1.54, 1.807) is 12.1 Å². The molecule has 22 heavy (non-hydrogen) atoms. The predicted octanol–water partition coefficient (Wildman–Crippen LogP) is 2.81. The molecule has 0 atom stereocenters. The van der Waals surface area contributed by atoms with E-state index in [4.69, 9.17) is 0 Å². The highest BCUT2D eigenvalue weighted by atomic mass is 19.1. The third-order valence-electron chi connectivity index (χ3n) is 3.14. The zero-order valence-electron chi connectivity index (χ0n) is 12.3. The molecule has 0 aliphatic carbocycles. The van der Waals surface area contributed by atoms with Gasteiger partial charge in [-0.1, -0.05) is 42.5 Å². The first kappa shape index (κ1) is 15.7. The van der Waals surface area contributed by atoms with Gasteiger partial charge in [-0.3, -0.25) is 9.59 Å². The molecule has 0 bridgehead atoms. The van der Waals surface area contributed by atoms with Crippen molar-refractivity contribution in [1.82, 2.24) is 4.90 Å². The zero-order chi connectivity index (χ0) is 15.9. The Morgan fingerprint density at radius 3 is 2.32 bits per heavy atom. The summed E-state index contributed by atoms with van der Waals surface area (Å²) in [5.41, 5.74) is 1.03. The Bertz CT molecular complexity index is 659. The molecule has 114 valence electrons. The van der Waals surface area contributed by atoms with Gasteiger partial charge in [0.1, 0.15) is 12.4 Å². The smallest absolute Gasteiger partial charge is 0.244 e. The van der Waals surface area contributed by atoms with E-state index in [0.717, 1.165) is 5.56 Å². The number of benzene rings is 2. The molecule has 0 heterocycles. The third-order valence-corrected chi connectivity index (χ3v) is 3.14. The van der Waals surface area contributed by atoms with E-state index in [9.17, 15) is 14.0 Å². The minimum atomic E-state index is -0.506. The maximum Gasteiger partial charge on any atom is 0.244 e. The molecule has 4 nitrogen and oxygen atoms in total. The van der Waals surface area contributed by atoms with Crippen LogP contribution in [0.1, 0.15) is 12.5 Å². The highest BCUT2D eigenvalue weighted by Gasteiger charge is 2.15. The standard InChI is InChI=1S/C17H17FN2O2/c1-13(21)20(11-14-7-3-2-4-8-14)12-17(22)19-16-10-6-5-9-15(16)18/h2-10H,11-12H2,1H3,(H,19,22). The van der Waals surface area contributed by atoms with E-state index in [1.807, 2.05) is 30.3 Å². The molecule has 0 aromatic heterocycles. The van der Waals surface area contributed by atoms with E-state index in [0.29, 0.717) is 6.54 Å². The first-order valence-electron chi connectivity index (χ1n) is 6.90. The Balaban J connectivity index is 2.00. The Hall–Kier alpha value is -2.69. The monoisotopic (exact) mass is 300 g/mol. The molecule has 0 saturated heterocycles. The summed E-state index contributed by atoms with van der Waals surface area (Å²) in [7, 11) is 0. The van der Waals surface area contributed by atoms with Crippen molar-refractivity contribution in [2.45, 2.75) is 13.5 Å². The molecule has 2 aromatic rings. The number of anilines is 1. The molecule has 0 unspecified atom stereocenters. The molecule has 0 aliphatic heterocycles. The number of carbonyl (C=O) groups is 2. The van der Waals surface area contributed by atoms with Gasteiger partial charge in [0.15, 0.2) is 0 Å². The van der Waals surface area contributed by atoms with Gasteiger partial charge in [0.25, 0.3) is 0 Å². The van der Waals surface area contributed by atoms with Gasteiger partial charge in [-0.2, -0.15) is 0 Å². The number of hydrogen-bond donors (Lipinski definition) is 1. The van der Waals surface area contributed by atoms with Gasteiger partial charge >= 0.3 is 0 Å². The van der Waals surface area contributed by atoms with E-state index < -0.39 is 11.7 Å². The molecule has 0 aliphatic rings. The van der Waals surface area contributed by atoms with Crippen molar-refractivity contribution in [3.63, 3.8) is 0 Å². The van der Waals surface area contributed by atoms with Crippen molar-refractivity contribution < 1.29 is 14.0 Å². The molecular formula is C17H17FN2O2. The second kappa shape index (κ2) is 7.36. The average Bonchev–Trinajstić information content (AvgIpc) is 2.50. The molecule has 1 N–H and O–H groups in total. The number of hydrogen-bond acceptors (Lipinski definition) is 2. The van der Waals surface area contributed by atoms with Crippen LogP contribution in [0.5, 0.6) is 0 Å². The summed E-state index contributed by atoms with van der Waals surface area (Å²) in [5.74, 6) is -1.16. The van der Waals surface area contributed by atoms with Gasteiger partial charge in [0, 0.05) is 13.5 Å². The van der Waals surface area contributed by atoms with Crippen molar-refractivity contribution >= 4 is 17.5 Å². The average molecular weight is 300 g/mol. The quantitative estimate of drug-likeness (QED) is 0.923. The largest absolute Gasteiger partial charge is 0.329 e. The number of halogens is 1. The summed E-state index contributed by atoms with van der Waals surface area (Å²) in [6, 6.07) is 15.3. The van der Waals surface area contributed by atoms with Gasteiger partial charge in [-0.05, 0) is 17.7 Å². The summed E-state index contributed by atoms with van der Waals surface area (Å²) < 4.78 is 13.5. The Morgan fingerprint density at radius 1 is 1.05 bits per heavy atom. The molecule has 2 amide bonds. The van der Waals surface area contributed by atoms with E-state index in [-0.39, 0.29) is 18.1 Å². The van der Waals surface area contributed by atoms with Crippen LogP contribution in [0.15, 0.2) is 54.6 Å².